The van der Waals surface area contributed by atoms with E-state index in [0.717, 1.165) is 10.6 Å². The van der Waals surface area contributed by atoms with Crippen LogP contribution < -0.4 is 5.73 Å². The van der Waals surface area contributed by atoms with Gasteiger partial charge in [0.05, 0.1) is 5.69 Å². The zero-order valence-corrected chi connectivity index (χ0v) is 8.39. The molecule has 0 unspecified atom stereocenters. The highest BCUT2D eigenvalue weighted by molar-refractivity contribution is 7.17. The lowest BCUT2D eigenvalue weighted by molar-refractivity contribution is 0.100. The van der Waals surface area contributed by atoms with Gasteiger partial charge in [-0.1, -0.05) is 0 Å². The van der Waals surface area contributed by atoms with E-state index in [0.29, 0.717) is 10.6 Å². The average Bonchev–Trinajstić information content (AvgIpc) is 2.70. The van der Waals surface area contributed by atoms with Gasteiger partial charge in [0.1, 0.15) is 9.88 Å². The zero-order chi connectivity index (χ0) is 10.1. The number of H-pyrrole nitrogens is 1. The van der Waals surface area contributed by atoms with E-state index in [2.05, 4.69) is 9.97 Å². The Labute approximate surface area is 84.8 Å². The molecule has 3 N–H and O–H groups in total. The summed E-state index contributed by atoms with van der Waals surface area (Å²) in [5.41, 5.74) is 6.88. The monoisotopic (exact) mass is 207 g/mol. The Hall–Kier alpha value is -1.62. The van der Waals surface area contributed by atoms with Crippen molar-refractivity contribution < 1.29 is 4.79 Å². The number of hydrogen-bond acceptors (Lipinski definition) is 3. The van der Waals surface area contributed by atoms with E-state index in [9.17, 15) is 4.79 Å². The van der Waals surface area contributed by atoms with Crippen LogP contribution in [-0.4, -0.2) is 15.9 Å². The highest BCUT2D eigenvalue weighted by atomic mass is 32.1. The van der Waals surface area contributed by atoms with Crippen LogP contribution in [0.4, 0.5) is 0 Å². The molecule has 72 valence electrons. The predicted octanol–water partition coefficient (Wildman–Crippen LogP) is 1.55. The van der Waals surface area contributed by atoms with Crippen LogP contribution in [0.1, 0.15) is 15.4 Å². The summed E-state index contributed by atoms with van der Waals surface area (Å²) in [6.45, 7) is 1.78. The van der Waals surface area contributed by atoms with Crippen molar-refractivity contribution in [2.45, 2.75) is 6.92 Å². The molecule has 2 aromatic heterocycles. The molecule has 0 aliphatic heterocycles. The van der Waals surface area contributed by atoms with Crippen molar-refractivity contribution >= 4 is 17.2 Å². The molecule has 1 amide bonds. The fourth-order valence-electron chi connectivity index (χ4n) is 1.21. The average molecular weight is 207 g/mol. The molecule has 0 fully saturated rings. The number of thiazole rings is 1. The second-order valence-corrected chi connectivity index (χ2v) is 3.90. The van der Waals surface area contributed by atoms with Crippen molar-refractivity contribution in [3.8, 4) is 10.6 Å². The number of nitrogens with two attached hydrogens (primary N) is 1. The zero-order valence-electron chi connectivity index (χ0n) is 7.57. The maximum Gasteiger partial charge on any atom is 0.260 e. The first-order valence-electron chi connectivity index (χ1n) is 4.09. The summed E-state index contributed by atoms with van der Waals surface area (Å²) in [6.07, 6.45) is 3.65. The molecule has 0 bridgehead atoms. The molecule has 0 spiro atoms. The van der Waals surface area contributed by atoms with Crippen LogP contribution in [0.2, 0.25) is 0 Å². The Bertz CT molecular complexity index is 458. The Morgan fingerprint density at radius 2 is 2.43 bits per heavy atom. The lowest BCUT2D eigenvalue weighted by Gasteiger charge is -1.86. The number of nitrogens with zero attached hydrogens (tertiary/aromatic N) is 1. The number of primary amides is 1. The first kappa shape index (κ1) is 8.96. The van der Waals surface area contributed by atoms with Crippen molar-refractivity contribution in [3.63, 3.8) is 0 Å². The van der Waals surface area contributed by atoms with Gasteiger partial charge in [0.15, 0.2) is 0 Å². The first-order chi connectivity index (χ1) is 6.68. The Balaban J connectivity index is 2.48. The van der Waals surface area contributed by atoms with Gasteiger partial charge in [-0.15, -0.1) is 11.3 Å². The molecular formula is C9H9N3OS. The number of nitrogens with one attached hydrogen (secondary N) is 1. The fourth-order valence-corrected chi connectivity index (χ4v) is 2.12. The maximum absolute atomic E-state index is 11.0. The topological polar surface area (TPSA) is 71.8 Å². The summed E-state index contributed by atoms with van der Waals surface area (Å²) in [5, 5.41) is 0.817. The molecule has 0 saturated carbocycles. The molecular weight excluding hydrogens is 198 g/mol. The molecule has 2 aromatic rings. The van der Waals surface area contributed by atoms with E-state index >= 15 is 0 Å². The highest BCUT2D eigenvalue weighted by Gasteiger charge is 2.13. The molecule has 0 aliphatic rings. The van der Waals surface area contributed by atoms with Crippen LogP contribution in [0.25, 0.3) is 10.6 Å². The summed E-state index contributed by atoms with van der Waals surface area (Å²) < 4.78 is 0. The largest absolute Gasteiger partial charge is 0.367 e. The number of amides is 1. The Morgan fingerprint density at radius 3 is 2.93 bits per heavy atom. The number of aryl methyl sites for hydroxylation is 1. The van der Waals surface area contributed by atoms with Gasteiger partial charge in [0.2, 0.25) is 0 Å². The minimum absolute atomic E-state index is 0.415. The maximum atomic E-state index is 11.0. The molecule has 2 heterocycles. The van der Waals surface area contributed by atoms with Gasteiger partial charge in [-0.05, 0) is 13.0 Å². The van der Waals surface area contributed by atoms with Crippen molar-refractivity contribution in [1.82, 2.24) is 9.97 Å². The van der Waals surface area contributed by atoms with Crippen LogP contribution in [0.3, 0.4) is 0 Å². The number of hydrogen-bond donors (Lipinski definition) is 2. The van der Waals surface area contributed by atoms with Gasteiger partial charge in [-0.3, -0.25) is 4.79 Å². The molecule has 0 aromatic carbocycles. The Kier molecular flexibility index (Phi) is 2.09. The number of aromatic nitrogens is 2. The van der Waals surface area contributed by atoms with Crippen LogP contribution in [0, 0.1) is 6.92 Å². The standard InChI is InChI=1S/C9H9N3OS/c1-5-7(8(10)13)14-9(12-5)6-2-3-11-4-6/h2-4,11H,1H3,(H2,10,13). The van der Waals surface area contributed by atoms with Gasteiger partial charge >= 0.3 is 0 Å². The number of rotatable bonds is 2. The third-order valence-electron chi connectivity index (χ3n) is 1.87. The SMILES string of the molecule is Cc1nc(-c2cc[nH]c2)sc1C(N)=O. The normalized spacial score (nSPS) is 10.4. The summed E-state index contributed by atoms with van der Waals surface area (Å²) in [5.74, 6) is -0.415. The molecule has 0 aliphatic carbocycles. The van der Waals surface area contributed by atoms with Gasteiger partial charge in [0.25, 0.3) is 5.91 Å². The third-order valence-corrected chi connectivity index (χ3v) is 3.09. The van der Waals surface area contributed by atoms with Crippen molar-refractivity contribution in [2.75, 3.05) is 0 Å². The van der Waals surface area contributed by atoms with Crippen molar-refractivity contribution in [2.24, 2.45) is 5.73 Å². The molecule has 4 nitrogen and oxygen atoms in total. The van der Waals surface area contributed by atoms with E-state index in [-0.39, 0.29) is 0 Å². The van der Waals surface area contributed by atoms with E-state index in [1.54, 1.807) is 6.92 Å². The second-order valence-electron chi connectivity index (χ2n) is 2.90. The van der Waals surface area contributed by atoms with Crippen molar-refractivity contribution in [1.29, 1.82) is 0 Å². The quantitative estimate of drug-likeness (QED) is 0.784. The molecule has 2 rings (SSSR count). The van der Waals surface area contributed by atoms with Gasteiger partial charge in [-0.2, -0.15) is 0 Å². The van der Waals surface area contributed by atoms with Gasteiger partial charge in [0, 0.05) is 18.0 Å². The third kappa shape index (κ3) is 1.42. The minimum atomic E-state index is -0.415. The Morgan fingerprint density at radius 1 is 1.64 bits per heavy atom. The van der Waals surface area contributed by atoms with E-state index in [1.807, 2.05) is 18.5 Å². The van der Waals surface area contributed by atoms with Crippen LogP contribution in [-0.2, 0) is 0 Å². The molecule has 0 radical (unpaired) electrons. The number of carbonyl (C=O) groups excluding carboxylic acids is 1. The van der Waals surface area contributed by atoms with Gasteiger partial charge in [-0.25, -0.2) is 4.98 Å². The highest BCUT2D eigenvalue weighted by Crippen LogP contribution is 2.26. The van der Waals surface area contributed by atoms with E-state index in [1.165, 1.54) is 11.3 Å². The summed E-state index contributed by atoms with van der Waals surface area (Å²) in [4.78, 5) is 18.7. The van der Waals surface area contributed by atoms with Crippen molar-refractivity contribution in [3.05, 3.63) is 29.0 Å². The summed E-state index contributed by atoms with van der Waals surface area (Å²) in [7, 11) is 0. The lowest BCUT2D eigenvalue weighted by Crippen LogP contribution is -2.09. The smallest absolute Gasteiger partial charge is 0.260 e. The van der Waals surface area contributed by atoms with E-state index in [4.69, 9.17) is 5.73 Å². The number of aromatic amines is 1. The second kappa shape index (κ2) is 3.26. The fraction of sp³-hybridized carbons (Fsp3) is 0.111. The van der Waals surface area contributed by atoms with Gasteiger partial charge < -0.3 is 10.7 Å². The predicted molar refractivity (Wildman–Crippen MR) is 55.2 cm³/mol. The summed E-state index contributed by atoms with van der Waals surface area (Å²) >= 11 is 1.32. The van der Waals surface area contributed by atoms with Crippen LogP contribution in [0.15, 0.2) is 18.5 Å². The molecule has 0 atom stereocenters. The van der Waals surface area contributed by atoms with E-state index < -0.39 is 5.91 Å². The lowest BCUT2D eigenvalue weighted by atomic mass is 10.3. The van der Waals surface area contributed by atoms with Crippen LogP contribution >= 0.6 is 11.3 Å². The molecule has 5 heteroatoms. The minimum Gasteiger partial charge on any atom is -0.367 e. The first-order valence-corrected chi connectivity index (χ1v) is 4.90. The molecule has 0 saturated heterocycles. The molecule has 14 heavy (non-hydrogen) atoms. The number of carbonyl (C=O) groups is 1. The van der Waals surface area contributed by atoms with Crippen LogP contribution in [0.5, 0.6) is 0 Å². The summed E-state index contributed by atoms with van der Waals surface area (Å²) in [6, 6.07) is 1.91.